The first kappa shape index (κ1) is 16.1. The van der Waals surface area contributed by atoms with E-state index in [-0.39, 0.29) is 0 Å². The molecular formula is C16H19ClN4OS. The van der Waals surface area contributed by atoms with Crippen molar-refractivity contribution in [3.8, 4) is 0 Å². The summed E-state index contributed by atoms with van der Waals surface area (Å²) in [7, 11) is 0. The van der Waals surface area contributed by atoms with Crippen molar-refractivity contribution in [3.63, 3.8) is 0 Å². The van der Waals surface area contributed by atoms with Gasteiger partial charge in [-0.15, -0.1) is 11.3 Å². The molecule has 3 heterocycles. The van der Waals surface area contributed by atoms with E-state index in [0.29, 0.717) is 12.4 Å². The van der Waals surface area contributed by atoms with E-state index in [4.69, 9.17) is 22.2 Å². The zero-order valence-corrected chi connectivity index (χ0v) is 14.3. The van der Waals surface area contributed by atoms with Crippen LogP contribution in [0.3, 0.4) is 0 Å². The van der Waals surface area contributed by atoms with Crippen molar-refractivity contribution in [2.24, 2.45) is 10.9 Å². The lowest BCUT2D eigenvalue weighted by atomic mass is 10.1. The lowest BCUT2D eigenvalue weighted by Gasteiger charge is -2.27. The summed E-state index contributed by atoms with van der Waals surface area (Å²) in [4.78, 5) is 13.1. The SMILES string of the molecule is NC(=NOCc1ccc(Cl)s1)c1ccc(N2CCCCC2)nc1. The monoisotopic (exact) mass is 350 g/mol. The predicted molar refractivity (Wildman–Crippen MR) is 95.1 cm³/mol. The standard InChI is InChI=1S/C16H19ClN4OS/c17-14-6-5-13(23-14)11-22-20-16(18)12-4-7-15(19-10-12)21-8-2-1-3-9-21/h4-7,10H,1-3,8-9,11H2,(H2,18,20). The van der Waals surface area contributed by atoms with E-state index >= 15 is 0 Å². The molecule has 5 nitrogen and oxygen atoms in total. The van der Waals surface area contributed by atoms with E-state index in [9.17, 15) is 0 Å². The molecule has 1 fully saturated rings. The van der Waals surface area contributed by atoms with Gasteiger partial charge in [-0.05, 0) is 43.5 Å². The van der Waals surface area contributed by atoms with Crippen LogP contribution in [-0.4, -0.2) is 23.9 Å². The first-order valence-electron chi connectivity index (χ1n) is 7.63. The summed E-state index contributed by atoms with van der Waals surface area (Å²) in [6.07, 6.45) is 5.51. The molecule has 1 aliphatic rings. The number of nitrogens with two attached hydrogens (primary N) is 1. The van der Waals surface area contributed by atoms with Crippen LogP contribution in [-0.2, 0) is 11.4 Å². The molecule has 23 heavy (non-hydrogen) atoms. The third kappa shape index (κ3) is 4.36. The number of nitrogens with zero attached hydrogens (tertiary/aromatic N) is 3. The molecule has 0 bridgehead atoms. The highest BCUT2D eigenvalue weighted by atomic mass is 35.5. The quantitative estimate of drug-likeness (QED) is 0.508. The Morgan fingerprint density at radius 3 is 2.74 bits per heavy atom. The Labute approximate surface area is 144 Å². The van der Waals surface area contributed by atoms with Gasteiger partial charge < -0.3 is 15.5 Å². The molecule has 0 atom stereocenters. The maximum absolute atomic E-state index is 5.94. The minimum Gasteiger partial charge on any atom is -0.388 e. The Balaban J connectivity index is 1.58. The van der Waals surface area contributed by atoms with Gasteiger partial charge in [0.05, 0.1) is 4.34 Å². The van der Waals surface area contributed by atoms with Crippen molar-refractivity contribution >= 4 is 34.6 Å². The third-order valence-corrected chi connectivity index (χ3v) is 4.93. The van der Waals surface area contributed by atoms with Gasteiger partial charge in [0.15, 0.2) is 12.4 Å². The van der Waals surface area contributed by atoms with Crippen molar-refractivity contribution in [3.05, 3.63) is 45.2 Å². The van der Waals surface area contributed by atoms with Crippen LogP contribution in [0.25, 0.3) is 0 Å². The maximum Gasteiger partial charge on any atom is 0.171 e. The van der Waals surface area contributed by atoms with Gasteiger partial charge in [0.2, 0.25) is 0 Å². The minimum absolute atomic E-state index is 0.324. The van der Waals surface area contributed by atoms with Gasteiger partial charge in [-0.25, -0.2) is 4.98 Å². The Morgan fingerprint density at radius 1 is 1.26 bits per heavy atom. The predicted octanol–water partition coefficient (Wildman–Crippen LogP) is 3.62. The maximum atomic E-state index is 5.94. The second-order valence-corrected chi connectivity index (χ2v) is 7.21. The number of aromatic nitrogens is 1. The number of hydrogen-bond donors (Lipinski definition) is 1. The van der Waals surface area contributed by atoms with Crippen molar-refractivity contribution in [1.82, 2.24) is 4.98 Å². The van der Waals surface area contributed by atoms with Crippen LogP contribution in [0.15, 0.2) is 35.6 Å². The molecule has 0 aromatic carbocycles. The van der Waals surface area contributed by atoms with Crippen LogP contribution in [0.1, 0.15) is 29.7 Å². The molecule has 3 rings (SSSR count). The molecule has 0 amide bonds. The summed E-state index contributed by atoms with van der Waals surface area (Å²) in [6.45, 7) is 2.50. The lowest BCUT2D eigenvalue weighted by Crippen LogP contribution is -2.30. The third-order valence-electron chi connectivity index (χ3n) is 3.72. The number of halogens is 1. The van der Waals surface area contributed by atoms with E-state index in [1.165, 1.54) is 30.6 Å². The van der Waals surface area contributed by atoms with E-state index in [1.807, 2.05) is 24.3 Å². The Morgan fingerprint density at radius 2 is 2.09 bits per heavy atom. The molecule has 2 aromatic rings. The van der Waals surface area contributed by atoms with Crippen LogP contribution in [0, 0.1) is 0 Å². The summed E-state index contributed by atoms with van der Waals surface area (Å²) in [6, 6.07) is 7.66. The van der Waals surface area contributed by atoms with Crippen molar-refractivity contribution in [1.29, 1.82) is 0 Å². The number of pyridine rings is 1. The zero-order chi connectivity index (χ0) is 16.1. The molecule has 7 heteroatoms. The van der Waals surface area contributed by atoms with Crippen LogP contribution < -0.4 is 10.6 Å². The van der Waals surface area contributed by atoms with Gasteiger partial charge in [0, 0.05) is 29.7 Å². The highest BCUT2D eigenvalue weighted by Gasteiger charge is 2.12. The molecule has 122 valence electrons. The normalized spacial score (nSPS) is 15.7. The molecule has 0 saturated carbocycles. The highest BCUT2D eigenvalue weighted by Crippen LogP contribution is 2.22. The lowest BCUT2D eigenvalue weighted by molar-refractivity contribution is 0.132. The molecule has 0 spiro atoms. The number of piperidine rings is 1. The number of anilines is 1. The van der Waals surface area contributed by atoms with Gasteiger partial charge in [-0.3, -0.25) is 0 Å². The van der Waals surface area contributed by atoms with Crippen LogP contribution >= 0.6 is 22.9 Å². The molecule has 2 N–H and O–H groups in total. The number of amidine groups is 1. The average molecular weight is 351 g/mol. The van der Waals surface area contributed by atoms with E-state index < -0.39 is 0 Å². The molecule has 0 aliphatic carbocycles. The number of oxime groups is 1. The van der Waals surface area contributed by atoms with E-state index in [1.54, 1.807) is 6.20 Å². The first-order chi connectivity index (χ1) is 11.2. The summed E-state index contributed by atoms with van der Waals surface area (Å²) in [5.41, 5.74) is 6.70. The summed E-state index contributed by atoms with van der Waals surface area (Å²) in [5, 5.41) is 3.95. The van der Waals surface area contributed by atoms with Gasteiger partial charge in [0.25, 0.3) is 0 Å². The first-order valence-corrected chi connectivity index (χ1v) is 8.83. The van der Waals surface area contributed by atoms with E-state index in [0.717, 1.165) is 33.7 Å². The molecule has 0 radical (unpaired) electrons. The van der Waals surface area contributed by atoms with Gasteiger partial charge >= 0.3 is 0 Å². The number of hydrogen-bond acceptors (Lipinski definition) is 5. The summed E-state index contributed by atoms with van der Waals surface area (Å²) < 4.78 is 0.734. The molecule has 2 aromatic heterocycles. The molecule has 1 aliphatic heterocycles. The summed E-state index contributed by atoms with van der Waals surface area (Å²) in [5.74, 6) is 1.32. The molecule has 0 unspecified atom stereocenters. The van der Waals surface area contributed by atoms with Gasteiger partial charge in [-0.1, -0.05) is 16.8 Å². The fourth-order valence-corrected chi connectivity index (χ4v) is 3.49. The summed E-state index contributed by atoms with van der Waals surface area (Å²) >= 11 is 7.33. The minimum atomic E-state index is 0.324. The topological polar surface area (TPSA) is 63.7 Å². The highest BCUT2D eigenvalue weighted by molar-refractivity contribution is 7.16. The Kier molecular flexibility index (Phi) is 5.35. The Bertz CT molecular complexity index is 665. The smallest absolute Gasteiger partial charge is 0.171 e. The van der Waals surface area contributed by atoms with Crippen molar-refractivity contribution < 1.29 is 4.84 Å². The molecular weight excluding hydrogens is 332 g/mol. The van der Waals surface area contributed by atoms with Crippen LogP contribution in [0.5, 0.6) is 0 Å². The second-order valence-electron chi connectivity index (χ2n) is 5.41. The largest absolute Gasteiger partial charge is 0.388 e. The second kappa shape index (κ2) is 7.66. The van der Waals surface area contributed by atoms with Crippen molar-refractivity contribution in [2.45, 2.75) is 25.9 Å². The number of thiophene rings is 1. The van der Waals surface area contributed by atoms with Crippen LogP contribution in [0.2, 0.25) is 4.34 Å². The zero-order valence-electron chi connectivity index (χ0n) is 12.7. The molecule has 1 saturated heterocycles. The average Bonchev–Trinajstić information content (AvgIpc) is 3.01. The van der Waals surface area contributed by atoms with E-state index in [2.05, 4.69) is 15.0 Å². The van der Waals surface area contributed by atoms with Gasteiger partial charge in [-0.2, -0.15) is 0 Å². The van der Waals surface area contributed by atoms with Crippen LogP contribution in [0.4, 0.5) is 5.82 Å². The van der Waals surface area contributed by atoms with Crippen molar-refractivity contribution in [2.75, 3.05) is 18.0 Å². The van der Waals surface area contributed by atoms with Gasteiger partial charge in [0.1, 0.15) is 5.82 Å². The fraction of sp³-hybridized carbons (Fsp3) is 0.375. The Hall–Kier alpha value is -1.79. The number of rotatable bonds is 5. The fourth-order valence-electron chi connectivity index (χ4n) is 2.50.